The first-order valence-corrected chi connectivity index (χ1v) is 11.2. The van der Waals surface area contributed by atoms with Gasteiger partial charge in [-0.05, 0) is 43.8 Å². The minimum absolute atomic E-state index is 0.174. The van der Waals surface area contributed by atoms with Crippen molar-refractivity contribution in [1.82, 2.24) is 14.7 Å². The number of nitrogens with zero attached hydrogens (tertiary/aromatic N) is 4. The Bertz CT molecular complexity index is 904. The minimum Gasteiger partial charge on any atom is -0.319 e. The smallest absolute Gasteiger partial charge is 0.255 e. The maximum atomic E-state index is 12.5. The van der Waals surface area contributed by atoms with Crippen LogP contribution >= 0.6 is 0 Å². The number of hydrogen-bond acceptors (Lipinski definition) is 5. The van der Waals surface area contributed by atoms with Crippen molar-refractivity contribution in [2.24, 2.45) is 0 Å². The average Bonchev–Trinajstić information content (AvgIpc) is 3.28. The molecule has 3 rings (SSSR count). The van der Waals surface area contributed by atoms with Crippen LogP contribution in [0.1, 0.15) is 30.6 Å². The zero-order valence-electron chi connectivity index (χ0n) is 16.3. The van der Waals surface area contributed by atoms with Gasteiger partial charge in [-0.25, -0.2) is 8.42 Å². The summed E-state index contributed by atoms with van der Waals surface area (Å²) in [5.41, 5.74) is 1.70. The third-order valence-electron chi connectivity index (χ3n) is 4.95. The Balaban J connectivity index is 1.59. The Morgan fingerprint density at radius 2 is 1.93 bits per heavy atom. The Kier molecular flexibility index (Phi) is 6.35. The number of sulfonamides is 1. The molecule has 1 fully saturated rings. The van der Waals surface area contributed by atoms with Crippen molar-refractivity contribution in [2.75, 3.05) is 41.6 Å². The summed E-state index contributed by atoms with van der Waals surface area (Å²) in [6.07, 6.45) is 4.07. The average molecular weight is 406 g/mol. The molecule has 1 aliphatic heterocycles. The zero-order chi connectivity index (χ0) is 20.1. The molecule has 0 aliphatic carbocycles. The molecule has 9 heteroatoms. The van der Waals surface area contributed by atoms with Crippen LogP contribution in [0.5, 0.6) is 0 Å². The van der Waals surface area contributed by atoms with E-state index in [1.165, 1.54) is 4.31 Å². The molecule has 1 saturated heterocycles. The maximum Gasteiger partial charge on any atom is 0.255 e. The van der Waals surface area contributed by atoms with Gasteiger partial charge in [-0.1, -0.05) is 13.8 Å². The van der Waals surface area contributed by atoms with Crippen LogP contribution in [0, 0.1) is 0 Å². The summed E-state index contributed by atoms with van der Waals surface area (Å²) in [5, 5.41) is 7.12. The lowest BCUT2D eigenvalue weighted by Gasteiger charge is -2.17. The third kappa shape index (κ3) is 4.71. The number of anilines is 2. The van der Waals surface area contributed by atoms with Gasteiger partial charge < -0.3 is 10.2 Å². The molecular weight excluding hydrogens is 378 g/mol. The van der Waals surface area contributed by atoms with E-state index in [2.05, 4.69) is 29.2 Å². The minimum atomic E-state index is -3.22. The van der Waals surface area contributed by atoms with E-state index in [9.17, 15) is 13.2 Å². The number of likely N-dealkylation sites (N-methyl/N-ethyl adjacent to an activating group) is 1. The highest BCUT2D eigenvalue weighted by Crippen LogP contribution is 2.24. The lowest BCUT2D eigenvalue weighted by Crippen LogP contribution is -2.27. The molecule has 0 bridgehead atoms. The van der Waals surface area contributed by atoms with Crippen LogP contribution in [0.3, 0.4) is 0 Å². The number of hydrogen-bond donors (Lipinski definition) is 1. The molecule has 1 aliphatic rings. The molecule has 0 saturated carbocycles. The normalized spacial score (nSPS) is 15.9. The molecule has 0 radical (unpaired) electrons. The van der Waals surface area contributed by atoms with Crippen molar-refractivity contribution < 1.29 is 13.2 Å². The summed E-state index contributed by atoms with van der Waals surface area (Å²) in [6, 6.07) is 6.63. The summed E-state index contributed by atoms with van der Waals surface area (Å²) in [5.74, 6) is -0.0767. The van der Waals surface area contributed by atoms with Gasteiger partial charge >= 0.3 is 0 Å². The standard InChI is InChI=1S/C19H27N5O3S/c1-3-22(4-2)11-12-23-15-17(14-20-23)21-19(25)16-6-8-18(9-7-16)24-10-5-13-28(24,26)27/h6-9,14-15H,3-5,10-13H2,1-2H3,(H,21,25). The van der Waals surface area contributed by atoms with Crippen molar-refractivity contribution in [3.05, 3.63) is 42.2 Å². The fraction of sp³-hybridized carbons (Fsp3) is 0.474. The van der Waals surface area contributed by atoms with Gasteiger partial charge in [0.2, 0.25) is 10.0 Å². The highest BCUT2D eigenvalue weighted by atomic mass is 32.2. The Morgan fingerprint density at radius 3 is 2.54 bits per heavy atom. The second kappa shape index (κ2) is 8.74. The van der Waals surface area contributed by atoms with Gasteiger partial charge in [0.1, 0.15) is 0 Å². The summed E-state index contributed by atoms with van der Waals surface area (Å²) in [7, 11) is -3.22. The molecular formula is C19H27N5O3S. The van der Waals surface area contributed by atoms with E-state index < -0.39 is 10.0 Å². The first kappa shape index (κ1) is 20.3. The van der Waals surface area contributed by atoms with Gasteiger partial charge in [0.05, 0.1) is 29.9 Å². The van der Waals surface area contributed by atoms with E-state index in [1.54, 1.807) is 30.5 Å². The molecule has 28 heavy (non-hydrogen) atoms. The van der Waals surface area contributed by atoms with Crippen LogP contribution in [0.2, 0.25) is 0 Å². The van der Waals surface area contributed by atoms with Gasteiger partial charge in [-0.2, -0.15) is 5.10 Å². The highest BCUT2D eigenvalue weighted by Gasteiger charge is 2.28. The lowest BCUT2D eigenvalue weighted by molar-refractivity contribution is 0.102. The molecule has 2 heterocycles. The van der Waals surface area contributed by atoms with E-state index in [-0.39, 0.29) is 11.7 Å². The Morgan fingerprint density at radius 1 is 1.21 bits per heavy atom. The molecule has 1 amide bonds. The van der Waals surface area contributed by atoms with Gasteiger partial charge in [0.15, 0.2) is 0 Å². The maximum absolute atomic E-state index is 12.5. The predicted octanol–water partition coefficient (Wildman–Crippen LogP) is 2.02. The molecule has 0 unspecified atom stereocenters. The third-order valence-corrected chi connectivity index (χ3v) is 6.82. The van der Waals surface area contributed by atoms with Gasteiger partial charge in [-0.3, -0.25) is 13.8 Å². The SMILES string of the molecule is CCN(CC)CCn1cc(NC(=O)c2ccc(N3CCCS3(=O)=O)cc2)cn1. The first-order chi connectivity index (χ1) is 13.4. The fourth-order valence-corrected chi connectivity index (χ4v) is 4.81. The molecule has 8 nitrogen and oxygen atoms in total. The van der Waals surface area contributed by atoms with Gasteiger partial charge in [0, 0.05) is 24.8 Å². The molecule has 0 spiro atoms. The van der Waals surface area contributed by atoms with Gasteiger partial charge in [0.25, 0.3) is 5.91 Å². The van der Waals surface area contributed by atoms with Crippen molar-refractivity contribution in [3.63, 3.8) is 0 Å². The number of amides is 1. The van der Waals surface area contributed by atoms with E-state index in [4.69, 9.17) is 0 Å². The molecule has 2 aromatic rings. The van der Waals surface area contributed by atoms with Crippen molar-refractivity contribution in [1.29, 1.82) is 0 Å². The van der Waals surface area contributed by atoms with E-state index in [0.717, 1.165) is 26.2 Å². The molecule has 1 aromatic carbocycles. The predicted molar refractivity (Wildman–Crippen MR) is 110 cm³/mol. The van der Waals surface area contributed by atoms with Crippen LogP contribution in [-0.2, 0) is 16.6 Å². The summed E-state index contributed by atoms with van der Waals surface area (Å²) < 4.78 is 27.2. The van der Waals surface area contributed by atoms with Crippen molar-refractivity contribution in [3.8, 4) is 0 Å². The second-order valence-electron chi connectivity index (χ2n) is 6.76. The summed E-state index contributed by atoms with van der Waals surface area (Å²) in [6.45, 7) is 8.40. The van der Waals surface area contributed by atoms with Gasteiger partial charge in [-0.15, -0.1) is 0 Å². The second-order valence-corrected chi connectivity index (χ2v) is 8.77. The zero-order valence-corrected chi connectivity index (χ0v) is 17.2. The first-order valence-electron chi connectivity index (χ1n) is 9.59. The number of carbonyl (C=O) groups is 1. The van der Waals surface area contributed by atoms with Crippen LogP contribution in [0.15, 0.2) is 36.7 Å². The monoisotopic (exact) mass is 405 g/mol. The molecule has 0 atom stereocenters. The van der Waals surface area contributed by atoms with Crippen LogP contribution in [0.25, 0.3) is 0 Å². The van der Waals surface area contributed by atoms with Crippen molar-refractivity contribution >= 4 is 27.3 Å². The highest BCUT2D eigenvalue weighted by molar-refractivity contribution is 7.93. The fourth-order valence-electron chi connectivity index (χ4n) is 3.25. The number of aromatic nitrogens is 2. The van der Waals surface area contributed by atoms with E-state index in [1.807, 2.05) is 10.9 Å². The molecule has 152 valence electrons. The largest absolute Gasteiger partial charge is 0.319 e. The Hall–Kier alpha value is -2.39. The van der Waals surface area contributed by atoms with Crippen LogP contribution < -0.4 is 9.62 Å². The Labute approximate surface area is 166 Å². The van der Waals surface area contributed by atoms with Crippen LogP contribution in [0.4, 0.5) is 11.4 Å². The number of rotatable bonds is 8. The van der Waals surface area contributed by atoms with Crippen molar-refractivity contribution in [2.45, 2.75) is 26.8 Å². The molecule has 1 N–H and O–H groups in total. The number of benzene rings is 1. The van der Waals surface area contributed by atoms with E-state index in [0.29, 0.717) is 29.9 Å². The summed E-state index contributed by atoms with van der Waals surface area (Å²) >= 11 is 0. The topological polar surface area (TPSA) is 87.5 Å². The van der Waals surface area contributed by atoms with Crippen LogP contribution in [-0.4, -0.2) is 60.9 Å². The summed E-state index contributed by atoms with van der Waals surface area (Å²) in [4.78, 5) is 14.8. The number of nitrogens with one attached hydrogen (secondary N) is 1. The quantitative estimate of drug-likeness (QED) is 0.726. The lowest BCUT2D eigenvalue weighted by atomic mass is 10.2. The molecule has 1 aromatic heterocycles. The number of carbonyl (C=O) groups excluding carboxylic acids is 1. The van der Waals surface area contributed by atoms with E-state index >= 15 is 0 Å².